The summed E-state index contributed by atoms with van der Waals surface area (Å²) >= 11 is 0. The Labute approximate surface area is 131 Å². The normalized spacial score (nSPS) is 16.6. The number of halogens is 1. The third kappa shape index (κ3) is 2.50. The monoisotopic (exact) mass is 340 g/mol. The van der Waals surface area contributed by atoms with Crippen LogP contribution < -0.4 is 9.03 Å². The van der Waals surface area contributed by atoms with E-state index in [9.17, 15) is 22.7 Å². The Morgan fingerprint density at radius 3 is 2.74 bits per heavy atom. The third-order valence-corrected chi connectivity index (χ3v) is 4.81. The van der Waals surface area contributed by atoms with Gasteiger partial charge in [0.1, 0.15) is 18.0 Å². The van der Waals surface area contributed by atoms with E-state index in [1.54, 1.807) is 15.6 Å². The molecule has 8 nitrogen and oxygen atoms in total. The fraction of sp³-hybridized carbons (Fsp3) is 0.231. The number of carbonyl (C=O) groups is 1. The number of benzene rings is 1. The lowest BCUT2D eigenvalue weighted by atomic mass is 10.1. The minimum atomic E-state index is -4.22. The fourth-order valence-corrected chi connectivity index (χ4v) is 3.50. The van der Waals surface area contributed by atoms with E-state index in [0.29, 0.717) is 16.4 Å². The lowest BCUT2D eigenvalue weighted by Gasteiger charge is -2.18. The van der Waals surface area contributed by atoms with E-state index >= 15 is 0 Å². The molecule has 0 unspecified atom stereocenters. The molecule has 1 aliphatic heterocycles. The Balaban J connectivity index is 2.15. The molecule has 1 fully saturated rings. The van der Waals surface area contributed by atoms with Crippen molar-refractivity contribution in [1.29, 1.82) is 0 Å². The Morgan fingerprint density at radius 1 is 1.43 bits per heavy atom. The molecule has 10 heteroatoms. The molecule has 0 aliphatic carbocycles. The molecule has 1 amide bonds. The van der Waals surface area contributed by atoms with Crippen LogP contribution in [-0.2, 0) is 21.5 Å². The number of nitrogens with one attached hydrogen (secondary N) is 1. The number of nitrogens with zero attached hydrogens (tertiary/aromatic N) is 3. The van der Waals surface area contributed by atoms with Gasteiger partial charge in [-0.15, -0.1) is 0 Å². The van der Waals surface area contributed by atoms with Crippen LogP contribution in [0.4, 0.5) is 10.1 Å². The molecule has 0 spiro atoms. The number of aromatic hydroxyl groups is 1. The molecule has 0 radical (unpaired) electrons. The van der Waals surface area contributed by atoms with Crippen molar-refractivity contribution >= 4 is 21.8 Å². The Morgan fingerprint density at radius 2 is 2.17 bits per heavy atom. The average Bonchev–Trinajstić information content (AvgIpc) is 3.03. The van der Waals surface area contributed by atoms with Crippen LogP contribution in [0, 0.1) is 5.82 Å². The molecule has 0 saturated carbocycles. The first-order valence-electron chi connectivity index (χ1n) is 6.71. The predicted octanol–water partition coefficient (Wildman–Crippen LogP) is 0.596. The van der Waals surface area contributed by atoms with Gasteiger partial charge in [-0.05, 0) is 19.1 Å². The second-order valence-corrected chi connectivity index (χ2v) is 6.51. The van der Waals surface area contributed by atoms with Crippen molar-refractivity contribution in [2.75, 3.05) is 10.8 Å². The summed E-state index contributed by atoms with van der Waals surface area (Å²) < 4.78 is 42.4. The number of aromatic nitrogens is 2. The van der Waals surface area contributed by atoms with E-state index in [2.05, 4.69) is 5.10 Å². The second-order valence-electron chi connectivity index (χ2n) is 4.92. The largest absolute Gasteiger partial charge is 0.506 e. The Kier molecular flexibility index (Phi) is 3.48. The van der Waals surface area contributed by atoms with Crippen LogP contribution >= 0.6 is 0 Å². The summed E-state index contributed by atoms with van der Waals surface area (Å²) in [5, 5.41) is 13.9. The molecule has 3 rings (SSSR count). The summed E-state index contributed by atoms with van der Waals surface area (Å²) in [6.45, 7) is 1.86. The highest BCUT2D eigenvalue weighted by atomic mass is 32.2. The minimum absolute atomic E-state index is 0.0760. The zero-order chi connectivity index (χ0) is 16.8. The molecule has 2 N–H and O–H groups in total. The zero-order valence-electron chi connectivity index (χ0n) is 12.0. The topological polar surface area (TPSA) is 105 Å². The van der Waals surface area contributed by atoms with Crippen molar-refractivity contribution in [1.82, 2.24) is 14.5 Å². The predicted molar refractivity (Wildman–Crippen MR) is 79.4 cm³/mol. The molecule has 1 aliphatic rings. The van der Waals surface area contributed by atoms with Gasteiger partial charge in [0.15, 0.2) is 5.82 Å². The summed E-state index contributed by atoms with van der Waals surface area (Å²) in [5.41, 5.74) is -0.0568. The van der Waals surface area contributed by atoms with Gasteiger partial charge in [-0.2, -0.15) is 13.5 Å². The molecule has 23 heavy (non-hydrogen) atoms. The maximum absolute atomic E-state index is 14.8. The number of amides is 1. The highest BCUT2D eigenvalue weighted by Gasteiger charge is 2.38. The molecule has 2 aromatic rings. The van der Waals surface area contributed by atoms with Crippen molar-refractivity contribution in [3.63, 3.8) is 0 Å². The number of hydrogen-bond acceptors (Lipinski definition) is 5. The minimum Gasteiger partial charge on any atom is -0.506 e. The second kappa shape index (κ2) is 5.23. The van der Waals surface area contributed by atoms with E-state index in [1.165, 1.54) is 18.3 Å². The average molecular weight is 340 g/mol. The molecule has 2 heterocycles. The number of carbonyl (C=O) groups excluding carboxylic acids is 1. The summed E-state index contributed by atoms with van der Waals surface area (Å²) in [6, 6.07) is 2.50. The SMILES string of the molecule is CCn1cc(-c2ccc(O)c(N3CC(=O)NS3(=O)=O)c2F)cn1. The highest BCUT2D eigenvalue weighted by Crippen LogP contribution is 2.38. The molecular weight excluding hydrogens is 327 g/mol. The molecule has 0 bridgehead atoms. The lowest BCUT2D eigenvalue weighted by Crippen LogP contribution is -2.30. The van der Waals surface area contributed by atoms with E-state index in [0.717, 1.165) is 0 Å². The maximum atomic E-state index is 14.8. The van der Waals surface area contributed by atoms with Gasteiger partial charge >= 0.3 is 10.2 Å². The molecule has 122 valence electrons. The molecular formula is C13H13FN4O4S. The maximum Gasteiger partial charge on any atom is 0.326 e. The van der Waals surface area contributed by atoms with Crippen molar-refractivity contribution < 1.29 is 22.7 Å². The van der Waals surface area contributed by atoms with Crippen molar-refractivity contribution in [3.05, 3.63) is 30.3 Å². The van der Waals surface area contributed by atoms with Crippen LogP contribution in [0.2, 0.25) is 0 Å². The smallest absolute Gasteiger partial charge is 0.326 e. The number of phenols is 1. The van der Waals surface area contributed by atoms with Crippen LogP contribution in [0.15, 0.2) is 24.5 Å². The first kappa shape index (κ1) is 15.3. The van der Waals surface area contributed by atoms with Gasteiger partial charge in [0, 0.05) is 23.9 Å². The zero-order valence-corrected chi connectivity index (χ0v) is 12.8. The van der Waals surface area contributed by atoms with Gasteiger partial charge in [0.2, 0.25) is 0 Å². The summed E-state index contributed by atoms with van der Waals surface area (Å²) in [6.07, 6.45) is 3.03. The van der Waals surface area contributed by atoms with Gasteiger partial charge in [-0.25, -0.2) is 13.4 Å². The third-order valence-electron chi connectivity index (χ3n) is 3.43. The first-order valence-corrected chi connectivity index (χ1v) is 8.15. The van der Waals surface area contributed by atoms with Crippen molar-refractivity contribution in [3.8, 4) is 16.9 Å². The summed E-state index contributed by atoms with van der Waals surface area (Å²) in [5.74, 6) is -2.32. The van der Waals surface area contributed by atoms with E-state index in [-0.39, 0.29) is 5.56 Å². The van der Waals surface area contributed by atoms with Gasteiger partial charge in [-0.3, -0.25) is 9.48 Å². The van der Waals surface area contributed by atoms with E-state index in [1.807, 2.05) is 6.92 Å². The van der Waals surface area contributed by atoms with Crippen LogP contribution in [0.5, 0.6) is 5.75 Å². The van der Waals surface area contributed by atoms with E-state index < -0.39 is 39.9 Å². The Hall–Kier alpha value is -2.62. The highest BCUT2D eigenvalue weighted by molar-refractivity contribution is 7.92. The van der Waals surface area contributed by atoms with Crippen molar-refractivity contribution in [2.45, 2.75) is 13.5 Å². The molecule has 0 atom stereocenters. The van der Waals surface area contributed by atoms with Crippen LogP contribution in [0.3, 0.4) is 0 Å². The number of rotatable bonds is 3. The van der Waals surface area contributed by atoms with Crippen LogP contribution in [-0.4, -0.2) is 35.8 Å². The first-order chi connectivity index (χ1) is 10.8. The Bertz CT molecular complexity index is 893. The van der Waals surface area contributed by atoms with Gasteiger partial charge < -0.3 is 5.11 Å². The number of aryl methyl sites for hydroxylation is 1. The van der Waals surface area contributed by atoms with E-state index in [4.69, 9.17) is 0 Å². The quantitative estimate of drug-likeness (QED) is 0.851. The molecule has 1 aromatic heterocycles. The summed E-state index contributed by atoms with van der Waals surface area (Å²) in [7, 11) is -4.22. The lowest BCUT2D eigenvalue weighted by molar-refractivity contribution is -0.117. The van der Waals surface area contributed by atoms with Crippen LogP contribution in [0.1, 0.15) is 6.92 Å². The number of anilines is 1. The van der Waals surface area contributed by atoms with Crippen molar-refractivity contribution in [2.24, 2.45) is 0 Å². The summed E-state index contributed by atoms with van der Waals surface area (Å²) in [4.78, 5) is 11.3. The molecule has 1 saturated heterocycles. The van der Waals surface area contributed by atoms with Gasteiger partial charge in [-0.1, -0.05) is 0 Å². The van der Waals surface area contributed by atoms with Gasteiger partial charge in [0.25, 0.3) is 5.91 Å². The van der Waals surface area contributed by atoms with Gasteiger partial charge in [0.05, 0.1) is 6.20 Å². The molecule has 1 aromatic carbocycles. The number of phenolic OH excluding ortho intramolecular Hbond substituents is 1. The number of hydrogen-bond donors (Lipinski definition) is 2. The standard InChI is InChI=1S/C13H13FN4O4S/c1-2-17-6-8(5-15-17)9-3-4-10(19)13(12(9)14)18-7-11(20)16-23(18,21)22/h3-6,19H,2,7H2,1H3,(H,16,20). The van der Waals surface area contributed by atoms with Crippen LogP contribution in [0.25, 0.3) is 11.1 Å². The fourth-order valence-electron chi connectivity index (χ4n) is 2.34.